The summed E-state index contributed by atoms with van der Waals surface area (Å²) in [6.07, 6.45) is -22.8. The average Bonchev–Trinajstić information content (AvgIpc) is 3.01. The maximum Gasteiger partial charge on any atom is 0.175 e. The second kappa shape index (κ2) is 14.1. The average molecular weight is 645 g/mol. The normalized spacial score (nSPS) is 56.5. The molecule has 0 aromatic carbocycles. The Bertz CT molecular complexity index is 739. The van der Waals surface area contributed by atoms with Gasteiger partial charge in [-0.15, -0.1) is 0 Å². The second-order valence-corrected chi connectivity index (χ2v) is 11.7. The van der Waals surface area contributed by atoms with Gasteiger partial charge in [-0.05, 0) is 0 Å². The van der Waals surface area contributed by atoms with E-state index in [9.17, 15) is 40.9 Å². The van der Waals surface area contributed by atoms with E-state index in [1.54, 1.807) is 0 Å². The van der Waals surface area contributed by atoms with Crippen LogP contribution in [0.5, 0.6) is 0 Å². The molecule has 5 saturated heterocycles. The molecule has 0 aromatic rings. The number of nitrogens with two attached hydrogens (primary N) is 4. The van der Waals surface area contributed by atoms with Gasteiger partial charge in [-0.1, -0.05) is 0 Å². The molecule has 5 fully saturated rings. The Hall–Kier alpha value is -0.800. The highest BCUT2D eigenvalue weighted by atomic mass is 16.8. The third kappa shape index (κ3) is 6.77. The van der Waals surface area contributed by atoms with Crippen LogP contribution in [0.15, 0.2) is 0 Å². The van der Waals surface area contributed by atoms with E-state index in [1.807, 2.05) is 0 Å². The van der Waals surface area contributed by atoms with Crippen molar-refractivity contribution in [2.45, 2.75) is 123 Å². The number of hydrogen-bond donors (Lipinski definition) is 12. The Balaban J connectivity index is 1.39. The van der Waals surface area contributed by atoms with Crippen LogP contribution in [0, 0.1) is 0 Å². The van der Waals surface area contributed by atoms with Crippen molar-refractivity contribution in [1.29, 1.82) is 0 Å². The van der Waals surface area contributed by atoms with E-state index < -0.39 is 149 Å². The van der Waals surface area contributed by atoms with Crippen LogP contribution < -0.4 is 22.9 Å². The molecule has 0 spiro atoms. The van der Waals surface area contributed by atoms with Crippen molar-refractivity contribution >= 4 is 0 Å². The summed E-state index contributed by atoms with van der Waals surface area (Å²) >= 11 is 0. The molecular formula is C24H44N4O16. The predicted octanol–water partition coefficient (Wildman–Crippen LogP) is -8.84. The Morgan fingerprint density at radius 2 is 0.500 bits per heavy atom. The number of rotatable bonds is 0. The molecule has 0 aromatic heterocycles. The fraction of sp³-hybridized carbons (Fsp3) is 1.00. The minimum atomic E-state index is -1.55. The van der Waals surface area contributed by atoms with E-state index in [-0.39, 0.29) is 0 Å². The summed E-state index contributed by atoms with van der Waals surface area (Å²) in [7, 11) is 0. The molecule has 16 N–H and O–H groups in total. The van der Waals surface area contributed by atoms with Crippen molar-refractivity contribution in [1.82, 2.24) is 0 Å². The molecule has 5 aliphatic heterocycles. The highest BCUT2D eigenvalue weighted by Crippen LogP contribution is 2.29. The Morgan fingerprint density at radius 3 is 0.682 bits per heavy atom. The van der Waals surface area contributed by atoms with Gasteiger partial charge >= 0.3 is 0 Å². The van der Waals surface area contributed by atoms with Crippen LogP contribution in [0.1, 0.15) is 0 Å². The lowest BCUT2D eigenvalue weighted by atomic mass is 9.96. The Kier molecular flexibility index (Phi) is 11.1. The van der Waals surface area contributed by atoms with Gasteiger partial charge in [0.2, 0.25) is 0 Å². The minimum absolute atomic E-state index is 0.450. The summed E-state index contributed by atoms with van der Waals surface area (Å²) in [5.74, 6) is 0. The molecule has 0 amide bonds. The molecule has 0 saturated carbocycles. The van der Waals surface area contributed by atoms with Crippen LogP contribution in [0.25, 0.3) is 0 Å². The van der Waals surface area contributed by atoms with E-state index in [4.69, 9.17) is 60.8 Å². The van der Waals surface area contributed by atoms with E-state index in [0.717, 1.165) is 0 Å². The van der Waals surface area contributed by atoms with Gasteiger partial charge in [-0.25, -0.2) is 0 Å². The molecule has 8 bridgehead atoms. The number of fused-ring (bicyclic) bond motifs is 8. The number of hydrogen-bond acceptors (Lipinski definition) is 20. The highest BCUT2D eigenvalue weighted by molar-refractivity contribution is 4.97. The fourth-order valence-electron chi connectivity index (χ4n) is 5.72. The van der Waals surface area contributed by atoms with Crippen molar-refractivity contribution < 1.29 is 78.7 Å². The first-order chi connectivity index (χ1) is 20.8. The topological polar surface area (TPSA) is 340 Å². The van der Waals surface area contributed by atoms with Gasteiger partial charge in [0.05, 0.1) is 50.6 Å². The summed E-state index contributed by atoms with van der Waals surface area (Å²) in [5.41, 5.74) is 24.1. The van der Waals surface area contributed by atoms with Crippen LogP contribution in [0.3, 0.4) is 0 Å². The zero-order valence-electron chi connectivity index (χ0n) is 23.5. The van der Waals surface area contributed by atoms with Crippen molar-refractivity contribution in [3.8, 4) is 0 Å². The lowest BCUT2D eigenvalue weighted by Crippen LogP contribution is -2.67. The maximum absolute atomic E-state index is 10.6. The maximum atomic E-state index is 10.6. The zero-order valence-corrected chi connectivity index (χ0v) is 23.5. The third-order valence-corrected chi connectivity index (χ3v) is 8.69. The Labute approximate surface area is 251 Å². The molecule has 5 aliphatic rings. The highest BCUT2D eigenvalue weighted by Gasteiger charge is 2.50. The van der Waals surface area contributed by atoms with Crippen molar-refractivity contribution in [3.63, 3.8) is 0 Å². The van der Waals surface area contributed by atoms with Crippen LogP contribution in [-0.2, 0) is 37.9 Å². The van der Waals surface area contributed by atoms with Crippen LogP contribution >= 0.6 is 0 Å². The number of aliphatic hydroxyl groups excluding tert-OH is 8. The second-order valence-electron chi connectivity index (χ2n) is 11.7. The van der Waals surface area contributed by atoms with Gasteiger partial charge in [0.15, 0.2) is 25.2 Å². The molecule has 256 valence electrons. The van der Waals surface area contributed by atoms with Crippen LogP contribution in [0.4, 0.5) is 0 Å². The molecule has 20 atom stereocenters. The van der Waals surface area contributed by atoms with Gasteiger partial charge in [-0.3, -0.25) is 0 Å². The standard InChI is InChI=1S/C24H44N4O16/c25-9-18(34)14(30)6-2-39-23-11(27)20(36)16(32)8(44-23)4-40-24-12(28)19(35)15(31)7(43-24)3-38-22-10(26)17(33)13(29)5(41-22)1-37-21(9)42-6/h5-24,29-36H,1-4,25-28H2/t5-,6-,7-,8-,9-,10-,11-,12-,13-,14-,15-,16-,17-,18-,19-,20-,21-,22-,23-,24-/m1/s1. The molecule has 20 heteroatoms. The molecule has 5 rings (SSSR count). The van der Waals surface area contributed by atoms with Gasteiger partial charge in [-0.2, -0.15) is 0 Å². The Morgan fingerprint density at radius 1 is 0.318 bits per heavy atom. The first kappa shape index (κ1) is 34.5. The smallest absolute Gasteiger partial charge is 0.175 e. The van der Waals surface area contributed by atoms with E-state index in [0.29, 0.717) is 0 Å². The summed E-state index contributed by atoms with van der Waals surface area (Å²) in [5, 5.41) is 84.6. The van der Waals surface area contributed by atoms with Crippen LogP contribution in [0.2, 0.25) is 0 Å². The fourth-order valence-corrected chi connectivity index (χ4v) is 5.72. The summed E-state index contributed by atoms with van der Waals surface area (Å²) in [6.45, 7) is -1.80. The molecule has 0 radical (unpaired) electrons. The molecule has 0 unspecified atom stereocenters. The first-order valence-corrected chi connectivity index (χ1v) is 14.3. The van der Waals surface area contributed by atoms with E-state index in [1.165, 1.54) is 0 Å². The minimum Gasteiger partial charge on any atom is -0.388 e. The molecule has 44 heavy (non-hydrogen) atoms. The van der Waals surface area contributed by atoms with Gasteiger partial charge in [0.1, 0.15) is 73.2 Å². The van der Waals surface area contributed by atoms with Gasteiger partial charge in [0, 0.05) is 0 Å². The first-order valence-electron chi connectivity index (χ1n) is 14.3. The largest absolute Gasteiger partial charge is 0.388 e. The molecule has 5 heterocycles. The van der Waals surface area contributed by atoms with Gasteiger partial charge < -0.3 is 102 Å². The molecule has 0 aliphatic carbocycles. The monoisotopic (exact) mass is 644 g/mol. The number of aliphatic hydroxyl groups is 8. The van der Waals surface area contributed by atoms with Crippen molar-refractivity contribution in [2.75, 3.05) is 26.4 Å². The molecular weight excluding hydrogens is 600 g/mol. The summed E-state index contributed by atoms with van der Waals surface area (Å²) in [4.78, 5) is 0. The SMILES string of the molecule is N[C@H]1[C@@H]2OC[C@H]3O[C@@H](OC[C@H]4O[C@@H](OC[C@H]5O[C@@H](OC[C@@H](O2)[C@@H](O)[C@@H]1O)[C@H](N)[C@@H](O)[C@@H]5O)[C@H](N)[C@@H](O)[C@@H]4O)[C@H](N)[C@@H](O)[C@@H]3O. The van der Waals surface area contributed by atoms with Crippen LogP contribution in [-0.4, -0.2) is 190 Å². The third-order valence-electron chi connectivity index (χ3n) is 8.69. The van der Waals surface area contributed by atoms with Crippen molar-refractivity contribution in [2.24, 2.45) is 22.9 Å². The lowest BCUT2D eigenvalue weighted by molar-refractivity contribution is -0.329. The lowest BCUT2D eigenvalue weighted by Gasteiger charge is -2.46. The quantitative estimate of drug-likeness (QED) is 0.116. The zero-order chi connectivity index (χ0) is 32.0. The summed E-state index contributed by atoms with van der Waals surface area (Å²) < 4.78 is 45.7. The predicted molar refractivity (Wildman–Crippen MR) is 138 cm³/mol. The van der Waals surface area contributed by atoms with Gasteiger partial charge in [0.25, 0.3) is 0 Å². The molecule has 20 nitrogen and oxygen atoms in total. The van der Waals surface area contributed by atoms with E-state index >= 15 is 0 Å². The van der Waals surface area contributed by atoms with E-state index in [2.05, 4.69) is 0 Å². The van der Waals surface area contributed by atoms with Crippen molar-refractivity contribution in [3.05, 3.63) is 0 Å². The number of ether oxygens (including phenoxy) is 8. The summed E-state index contributed by atoms with van der Waals surface area (Å²) in [6, 6.07) is -5.05.